The maximum atomic E-state index is 10.9. The van der Waals surface area contributed by atoms with Crippen molar-refractivity contribution in [1.82, 2.24) is 14.8 Å². The van der Waals surface area contributed by atoms with Crippen LogP contribution in [0.2, 0.25) is 0 Å². The van der Waals surface area contributed by atoms with E-state index in [-0.39, 0.29) is 0 Å². The summed E-state index contributed by atoms with van der Waals surface area (Å²) in [4.78, 5) is 19.9. The molecule has 1 aromatic heterocycles. The van der Waals surface area contributed by atoms with Crippen LogP contribution in [-0.2, 0) is 17.9 Å². The maximum Gasteiger partial charge on any atom is 0.344 e. The molecular weight excluding hydrogens is 342 g/mol. The van der Waals surface area contributed by atoms with Crippen molar-refractivity contribution >= 4 is 5.97 Å². The Hall–Kier alpha value is -2.44. The lowest BCUT2D eigenvalue weighted by Crippen LogP contribution is -2.30. The molecule has 1 N–H and O–H groups in total. The monoisotopic (exact) mass is 369 g/mol. The Balaban J connectivity index is 1.49. The number of aliphatic carboxylic acids is 1. The Kier molecular flexibility index (Phi) is 6.79. The van der Waals surface area contributed by atoms with Gasteiger partial charge in [0.05, 0.1) is 0 Å². The van der Waals surface area contributed by atoms with E-state index in [1.54, 1.807) is 0 Å². The topological polar surface area (TPSA) is 65.9 Å². The third kappa shape index (κ3) is 6.05. The van der Waals surface area contributed by atoms with Crippen molar-refractivity contribution in [3.63, 3.8) is 0 Å². The Bertz CT molecular complexity index is 721. The number of rotatable bonds is 7. The molecule has 0 radical (unpaired) electrons. The summed E-state index contributed by atoms with van der Waals surface area (Å²) < 4.78 is 5.39. The van der Waals surface area contributed by atoms with E-state index in [1.165, 1.54) is 18.1 Å². The van der Waals surface area contributed by atoms with Gasteiger partial charge in [0.25, 0.3) is 0 Å². The molecule has 6 heteroatoms. The van der Waals surface area contributed by atoms with Gasteiger partial charge in [-0.25, -0.2) is 4.79 Å². The molecule has 0 aliphatic carbocycles. The van der Waals surface area contributed by atoms with E-state index in [2.05, 4.69) is 26.9 Å². The summed E-state index contributed by atoms with van der Waals surface area (Å²) in [6.07, 6.45) is 4.02. The van der Waals surface area contributed by atoms with E-state index in [9.17, 15) is 4.79 Å². The zero-order valence-electron chi connectivity index (χ0n) is 15.8. The summed E-state index contributed by atoms with van der Waals surface area (Å²) in [6, 6.07) is 11.9. The van der Waals surface area contributed by atoms with Crippen molar-refractivity contribution in [3.05, 3.63) is 59.9 Å². The molecule has 0 saturated carbocycles. The lowest BCUT2D eigenvalue weighted by Gasteiger charge is -2.22. The predicted octanol–water partition coefficient (Wildman–Crippen LogP) is 2.64. The molecule has 1 aliphatic rings. The van der Waals surface area contributed by atoms with E-state index in [4.69, 9.17) is 9.84 Å². The molecule has 144 valence electrons. The fourth-order valence-electron chi connectivity index (χ4n) is 3.27. The second kappa shape index (κ2) is 9.48. The number of nitrogens with zero attached hydrogens (tertiary/aromatic N) is 3. The highest BCUT2D eigenvalue weighted by Crippen LogP contribution is 2.16. The molecule has 1 aliphatic heterocycles. The molecule has 2 heterocycles. The maximum absolute atomic E-state index is 10.9. The number of aromatic nitrogens is 1. The lowest BCUT2D eigenvalue weighted by atomic mass is 10.2. The van der Waals surface area contributed by atoms with Gasteiger partial charge in [0, 0.05) is 38.6 Å². The fourth-order valence-corrected chi connectivity index (χ4v) is 3.27. The highest BCUT2D eigenvalue weighted by Gasteiger charge is 2.16. The minimum Gasteiger partial charge on any atom is -0.479 e. The standard InChI is InChI=1S/C21H27N3O3/c1-17(21(25)26)27-20-5-3-18(4-6-20)15-23-11-2-12-24(14-13-23)16-19-7-9-22-10-8-19/h3-10,17H,2,11-16H2,1H3,(H,25,26). The van der Waals surface area contributed by atoms with Crippen molar-refractivity contribution in [2.75, 3.05) is 26.2 Å². The van der Waals surface area contributed by atoms with Gasteiger partial charge >= 0.3 is 5.97 Å². The van der Waals surface area contributed by atoms with Crippen molar-refractivity contribution in [3.8, 4) is 5.75 Å². The van der Waals surface area contributed by atoms with E-state index in [0.717, 1.165) is 45.7 Å². The first-order chi connectivity index (χ1) is 13.1. The highest BCUT2D eigenvalue weighted by molar-refractivity contribution is 5.72. The molecule has 0 amide bonds. The van der Waals surface area contributed by atoms with Crippen LogP contribution in [0.1, 0.15) is 24.5 Å². The van der Waals surface area contributed by atoms with Crippen LogP contribution in [0.4, 0.5) is 0 Å². The number of carbonyl (C=O) groups is 1. The summed E-state index contributed by atoms with van der Waals surface area (Å²) in [5.41, 5.74) is 2.53. The fraction of sp³-hybridized carbons (Fsp3) is 0.429. The van der Waals surface area contributed by atoms with Crippen LogP contribution in [0.15, 0.2) is 48.8 Å². The SMILES string of the molecule is CC(Oc1ccc(CN2CCCN(Cc3ccncc3)CC2)cc1)C(=O)O. The van der Waals surface area contributed by atoms with Crippen molar-refractivity contribution in [1.29, 1.82) is 0 Å². The van der Waals surface area contributed by atoms with Gasteiger partial charge in [-0.05, 0) is 61.8 Å². The number of pyridine rings is 1. The Labute approximate surface area is 160 Å². The van der Waals surface area contributed by atoms with E-state index >= 15 is 0 Å². The lowest BCUT2D eigenvalue weighted by molar-refractivity contribution is -0.144. The molecule has 0 spiro atoms. The van der Waals surface area contributed by atoms with Crippen LogP contribution in [-0.4, -0.2) is 58.1 Å². The molecule has 2 aromatic rings. The molecule has 3 rings (SSSR count). The summed E-state index contributed by atoms with van der Waals surface area (Å²) in [7, 11) is 0. The Morgan fingerprint density at radius 3 is 2.11 bits per heavy atom. The molecule has 1 atom stereocenters. The van der Waals surface area contributed by atoms with Crippen LogP contribution in [0, 0.1) is 0 Å². The van der Waals surface area contributed by atoms with Gasteiger partial charge in [-0.3, -0.25) is 14.8 Å². The number of carboxylic acids is 1. The van der Waals surface area contributed by atoms with Crippen LogP contribution in [0.5, 0.6) is 5.75 Å². The number of ether oxygens (including phenoxy) is 1. The summed E-state index contributed by atoms with van der Waals surface area (Å²) in [5.74, 6) is -0.368. The molecule has 6 nitrogen and oxygen atoms in total. The highest BCUT2D eigenvalue weighted by atomic mass is 16.5. The van der Waals surface area contributed by atoms with Crippen LogP contribution in [0.3, 0.4) is 0 Å². The molecule has 1 saturated heterocycles. The van der Waals surface area contributed by atoms with Crippen molar-refractivity contribution in [2.24, 2.45) is 0 Å². The summed E-state index contributed by atoms with van der Waals surface area (Å²) in [6.45, 7) is 7.70. The van der Waals surface area contributed by atoms with Crippen LogP contribution >= 0.6 is 0 Å². The molecule has 1 fully saturated rings. The average Bonchev–Trinajstić information content (AvgIpc) is 2.89. The van der Waals surface area contributed by atoms with E-state index in [0.29, 0.717) is 5.75 Å². The van der Waals surface area contributed by atoms with Crippen molar-refractivity contribution < 1.29 is 14.6 Å². The smallest absolute Gasteiger partial charge is 0.344 e. The summed E-state index contributed by atoms with van der Waals surface area (Å²) in [5, 5.41) is 8.92. The quantitative estimate of drug-likeness (QED) is 0.809. The number of carboxylic acid groups (broad SMARTS) is 1. The van der Waals surface area contributed by atoms with E-state index < -0.39 is 12.1 Å². The van der Waals surface area contributed by atoms with Gasteiger partial charge in [-0.1, -0.05) is 12.1 Å². The second-order valence-electron chi connectivity index (χ2n) is 7.00. The van der Waals surface area contributed by atoms with E-state index in [1.807, 2.05) is 36.7 Å². The van der Waals surface area contributed by atoms with Gasteiger partial charge in [-0.2, -0.15) is 0 Å². The second-order valence-corrected chi connectivity index (χ2v) is 7.00. The largest absolute Gasteiger partial charge is 0.479 e. The van der Waals surface area contributed by atoms with Crippen LogP contribution < -0.4 is 4.74 Å². The van der Waals surface area contributed by atoms with Gasteiger partial charge in [0.15, 0.2) is 6.10 Å². The van der Waals surface area contributed by atoms with Crippen LogP contribution in [0.25, 0.3) is 0 Å². The zero-order valence-corrected chi connectivity index (χ0v) is 15.8. The first kappa shape index (κ1) is 19.3. The molecular formula is C21H27N3O3. The Morgan fingerprint density at radius 2 is 1.56 bits per heavy atom. The third-order valence-electron chi connectivity index (χ3n) is 4.83. The van der Waals surface area contributed by atoms with Gasteiger partial charge < -0.3 is 9.84 Å². The first-order valence-corrected chi connectivity index (χ1v) is 9.42. The molecule has 1 unspecified atom stereocenters. The van der Waals surface area contributed by atoms with Gasteiger partial charge in [0.2, 0.25) is 0 Å². The van der Waals surface area contributed by atoms with Gasteiger partial charge in [0.1, 0.15) is 5.75 Å². The Morgan fingerprint density at radius 1 is 1.00 bits per heavy atom. The first-order valence-electron chi connectivity index (χ1n) is 9.42. The molecule has 27 heavy (non-hydrogen) atoms. The molecule has 1 aromatic carbocycles. The third-order valence-corrected chi connectivity index (χ3v) is 4.83. The zero-order chi connectivity index (χ0) is 19.1. The minimum atomic E-state index is -0.958. The minimum absolute atomic E-state index is 0.591. The van der Waals surface area contributed by atoms with Gasteiger partial charge in [-0.15, -0.1) is 0 Å². The average molecular weight is 369 g/mol. The number of hydrogen-bond acceptors (Lipinski definition) is 5. The predicted molar refractivity (Wildman–Crippen MR) is 104 cm³/mol. The summed E-state index contributed by atoms with van der Waals surface area (Å²) >= 11 is 0. The number of benzene rings is 1. The van der Waals surface area contributed by atoms with Crippen molar-refractivity contribution in [2.45, 2.75) is 32.5 Å². The number of hydrogen-bond donors (Lipinski definition) is 1. The normalized spacial score (nSPS) is 17.2. The molecule has 0 bridgehead atoms.